The number of nitrogens with one attached hydrogen (secondary N) is 1. The third-order valence-electron chi connectivity index (χ3n) is 2.28. The highest BCUT2D eigenvalue weighted by atomic mass is 16.6. The van der Waals surface area contributed by atoms with Gasteiger partial charge in [-0.1, -0.05) is 13.8 Å². The van der Waals surface area contributed by atoms with Gasteiger partial charge >= 0.3 is 11.7 Å². The summed E-state index contributed by atoms with van der Waals surface area (Å²) in [6.07, 6.45) is 0. The normalized spacial score (nSPS) is 10.6. The Kier molecular flexibility index (Phi) is 5.85. The fourth-order valence-corrected chi connectivity index (χ4v) is 1.41. The van der Waals surface area contributed by atoms with Crippen LogP contribution in [0.15, 0.2) is 12.1 Å². The van der Waals surface area contributed by atoms with Crippen LogP contribution in [0.3, 0.4) is 0 Å². The van der Waals surface area contributed by atoms with Gasteiger partial charge in [0.2, 0.25) is 5.82 Å². The Balaban J connectivity index is 2.68. The van der Waals surface area contributed by atoms with E-state index in [0.29, 0.717) is 25.7 Å². The molecule has 0 aliphatic heterocycles. The lowest BCUT2D eigenvalue weighted by molar-refractivity contribution is -0.384. The summed E-state index contributed by atoms with van der Waals surface area (Å²) < 4.78 is 5.32. The number of carboxylic acid groups (broad SMARTS) is 1. The van der Waals surface area contributed by atoms with Gasteiger partial charge in [0.05, 0.1) is 11.5 Å². The molecule has 0 atom stereocenters. The number of hydrogen-bond acceptors (Lipinski definition) is 6. The molecule has 0 amide bonds. The van der Waals surface area contributed by atoms with Crippen molar-refractivity contribution >= 4 is 17.5 Å². The Morgan fingerprint density at radius 1 is 1.55 bits per heavy atom. The average Bonchev–Trinajstić information content (AvgIpc) is 2.37. The number of anilines is 1. The van der Waals surface area contributed by atoms with E-state index < -0.39 is 10.9 Å². The quantitative estimate of drug-likeness (QED) is 0.424. The van der Waals surface area contributed by atoms with Gasteiger partial charge in [0, 0.05) is 19.2 Å². The van der Waals surface area contributed by atoms with Crippen LogP contribution >= 0.6 is 0 Å². The summed E-state index contributed by atoms with van der Waals surface area (Å²) in [5.74, 6) is -0.903. The molecule has 8 nitrogen and oxygen atoms in total. The maximum absolute atomic E-state index is 10.8. The minimum Gasteiger partial charge on any atom is -0.477 e. The summed E-state index contributed by atoms with van der Waals surface area (Å²) in [4.78, 5) is 24.7. The van der Waals surface area contributed by atoms with Gasteiger partial charge in [0.25, 0.3) is 0 Å². The monoisotopic (exact) mass is 283 g/mol. The van der Waals surface area contributed by atoms with Crippen LogP contribution < -0.4 is 5.32 Å². The molecule has 0 saturated heterocycles. The molecule has 20 heavy (non-hydrogen) atoms. The van der Waals surface area contributed by atoms with E-state index in [0.717, 1.165) is 12.1 Å². The number of aromatic nitrogens is 1. The van der Waals surface area contributed by atoms with Crippen LogP contribution in [0.2, 0.25) is 0 Å². The molecule has 1 rings (SSSR count). The number of aromatic carboxylic acids is 1. The van der Waals surface area contributed by atoms with Gasteiger partial charge in [-0.3, -0.25) is 10.1 Å². The molecule has 1 aromatic heterocycles. The summed E-state index contributed by atoms with van der Waals surface area (Å²) in [5, 5.41) is 22.4. The molecule has 0 bridgehead atoms. The molecule has 0 saturated carbocycles. The van der Waals surface area contributed by atoms with Crippen molar-refractivity contribution < 1.29 is 19.6 Å². The molecule has 1 aromatic rings. The molecule has 1 heterocycles. The smallest absolute Gasteiger partial charge is 0.354 e. The first kappa shape index (κ1) is 15.8. The highest BCUT2D eigenvalue weighted by molar-refractivity contribution is 5.86. The second-order valence-corrected chi connectivity index (χ2v) is 4.52. The second-order valence-electron chi connectivity index (χ2n) is 4.52. The summed E-state index contributed by atoms with van der Waals surface area (Å²) in [6, 6.07) is 2.22. The maximum Gasteiger partial charge on any atom is 0.354 e. The molecule has 110 valence electrons. The first-order chi connectivity index (χ1) is 9.41. The van der Waals surface area contributed by atoms with Crippen LogP contribution in [-0.2, 0) is 4.74 Å². The lowest BCUT2D eigenvalue weighted by atomic mass is 10.2. The van der Waals surface area contributed by atoms with E-state index in [-0.39, 0.29) is 17.2 Å². The van der Waals surface area contributed by atoms with Crippen molar-refractivity contribution in [1.82, 2.24) is 4.98 Å². The van der Waals surface area contributed by atoms with Crippen LogP contribution in [0.25, 0.3) is 0 Å². The van der Waals surface area contributed by atoms with Gasteiger partial charge in [0.15, 0.2) is 5.69 Å². The topological polar surface area (TPSA) is 115 Å². The van der Waals surface area contributed by atoms with Gasteiger partial charge in [0.1, 0.15) is 0 Å². The van der Waals surface area contributed by atoms with Gasteiger partial charge in [-0.2, -0.15) is 0 Å². The number of ether oxygens (including phenoxy) is 1. The Hall–Kier alpha value is -2.22. The van der Waals surface area contributed by atoms with Crippen LogP contribution in [0.5, 0.6) is 0 Å². The standard InChI is InChI=1S/C12H17N3O5/c1-8(2)7-20-6-5-13-11-10(15(18)19)4-3-9(14-11)12(16)17/h3-4,8H,5-7H2,1-2H3,(H,13,14)(H,16,17). The second kappa shape index (κ2) is 7.39. The fraction of sp³-hybridized carbons (Fsp3) is 0.500. The number of carboxylic acids is 1. The molecule has 0 fully saturated rings. The first-order valence-electron chi connectivity index (χ1n) is 6.12. The molecule has 0 unspecified atom stereocenters. The van der Waals surface area contributed by atoms with E-state index in [2.05, 4.69) is 10.3 Å². The Bertz CT molecular complexity index is 490. The molecule has 2 N–H and O–H groups in total. The summed E-state index contributed by atoms with van der Waals surface area (Å²) in [7, 11) is 0. The molecule has 0 aliphatic rings. The molecule has 0 aromatic carbocycles. The summed E-state index contributed by atoms with van der Waals surface area (Å²) in [6.45, 7) is 5.27. The minimum absolute atomic E-state index is 0.0666. The van der Waals surface area contributed by atoms with Crippen LogP contribution in [-0.4, -0.2) is 40.7 Å². The summed E-state index contributed by atoms with van der Waals surface area (Å²) in [5.41, 5.74) is -0.514. The number of carbonyl (C=O) groups is 1. The zero-order valence-electron chi connectivity index (χ0n) is 11.3. The predicted molar refractivity (Wildman–Crippen MR) is 72.0 cm³/mol. The molecular formula is C12H17N3O5. The molecule has 0 aliphatic carbocycles. The lowest BCUT2D eigenvalue weighted by Gasteiger charge is -2.09. The molecule has 0 spiro atoms. The Morgan fingerprint density at radius 3 is 2.80 bits per heavy atom. The Morgan fingerprint density at radius 2 is 2.25 bits per heavy atom. The highest BCUT2D eigenvalue weighted by Crippen LogP contribution is 2.21. The molecule has 8 heteroatoms. The van der Waals surface area contributed by atoms with E-state index in [1.54, 1.807) is 0 Å². The van der Waals surface area contributed by atoms with Crippen molar-refractivity contribution in [3.05, 3.63) is 27.9 Å². The molecular weight excluding hydrogens is 266 g/mol. The lowest BCUT2D eigenvalue weighted by Crippen LogP contribution is -2.15. The van der Waals surface area contributed by atoms with Crippen molar-refractivity contribution in [2.75, 3.05) is 25.1 Å². The van der Waals surface area contributed by atoms with Gasteiger partial charge in [-0.25, -0.2) is 9.78 Å². The van der Waals surface area contributed by atoms with Crippen molar-refractivity contribution in [1.29, 1.82) is 0 Å². The van der Waals surface area contributed by atoms with Crippen molar-refractivity contribution in [3.63, 3.8) is 0 Å². The average molecular weight is 283 g/mol. The van der Waals surface area contributed by atoms with Crippen LogP contribution in [0, 0.1) is 16.0 Å². The van der Waals surface area contributed by atoms with E-state index in [1.165, 1.54) is 0 Å². The number of pyridine rings is 1. The zero-order chi connectivity index (χ0) is 15.1. The van der Waals surface area contributed by atoms with E-state index in [1.807, 2.05) is 13.8 Å². The summed E-state index contributed by atoms with van der Waals surface area (Å²) >= 11 is 0. The van der Waals surface area contributed by atoms with E-state index >= 15 is 0 Å². The SMILES string of the molecule is CC(C)COCCNc1nc(C(=O)O)ccc1[N+](=O)[O-]. The van der Waals surface area contributed by atoms with Crippen LogP contribution in [0.4, 0.5) is 11.5 Å². The minimum atomic E-state index is -1.24. The number of nitro groups is 1. The number of nitrogens with zero attached hydrogens (tertiary/aromatic N) is 2. The van der Waals surface area contributed by atoms with Crippen LogP contribution in [0.1, 0.15) is 24.3 Å². The van der Waals surface area contributed by atoms with Gasteiger partial charge in [-0.15, -0.1) is 0 Å². The first-order valence-corrected chi connectivity index (χ1v) is 6.12. The van der Waals surface area contributed by atoms with E-state index in [9.17, 15) is 14.9 Å². The molecule has 0 radical (unpaired) electrons. The number of hydrogen-bond donors (Lipinski definition) is 2. The Labute approximate surface area is 115 Å². The number of rotatable bonds is 8. The predicted octanol–water partition coefficient (Wildman–Crippen LogP) is 1.77. The van der Waals surface area contributed by atoms with Crippen molar-refractivity contribution in [3.8, 4) is 0 Å². The van der Waals surface area contributed by atoms with Crippen molar-refractivity contribution in [2.24, 2.45) is 5.92 Å². The van der Waals surface area contributed by atoms with E-state index in [4.69, 9.17) is 9.84 Å². The van der Waals surface area contributed by atoms with Gasteiger partial charge < -0.3 is 15.2 Å². The zero-order valence-corrected chi connectivity index (χ0v) is 11.3. The fourth-order valence-electron chi connectivity index (χ4n) is 1.41. The highest BCUT2D eigenvalue weighted by Gasteiger charge is 2.17. The maximum atomic E-state index is 10.8. The third kappa shape index (κ3) is 4.81. The van der Waals surface area contributed by atoms with Crippen molar-refractivity contribution in [2.45, 2.75) is 13.8 Å². The largest absolute Gasteiger partial charge is 0.477 e. The van der Waals surface area contributed by atoms with Gasteiger partial charge in [-0.05, 0) is 12.0 Å². The third-order valence-corrected chi connectivity index (χ3v) is 2.28.